The second-order valence-electron chi connectivity index (χ2n) is 6.15. The number of rotatable bonds is 6. The molecule has 0 radical (unpaired) electrons. The van der Waals surface area contributed by atoms with Gasteiger partial charge >= 0.3 is 0 Å². The Bertz CT molecular complexity index is 1230. The Morgan fingerprint density at radius 1 is 1.00 bits per heavy atom. The van der Waals surface area contributed by atoms with Crippen molar-refractivity contribution in [2.45, 2.75) is 11.4 Å². The number of aromatic nitrogens is 4. The van der Waals surface area contributed by atoms with Gasteiger partial charge in [0.2, 0.25) is 5.95 Å². The lowest BCUT2D eigenvalue weighted by molar-refractivity contribution is 0.580. The third kappa shape index (κ3) is 4.13. The van der Waals surface area contributed by atoms with Gasteiger partial charge in [-0.1, -0.05) is 41.9 Å². The van der Waals surface area contributed by atoms with Gasteiger partial charge in [-0.05, 0) is 42.0 Å². The number of anilines is 1. The molecule has 2 aromatic heterocycles. The number of benzene rings is 2. The average Bonchev–Trinajstić information content (AvgIpc) is 3.19. The summed E-state index contributed by atoms with van der Waals surface area (Å²) in [5.41, 5.74) is 1.49. The van der Waals surface area contributed by atoms with E-state index in [-0.39, 0.29) is 16.7 Å². The molecule has 0 atom stereocenters. The second-order valence-corrected chi connectivity index (χ2v) is 8.35. The summed E-state index contributed by atoms with van der Waals surface area (Å²) in [4.78, 5) is 8.57. The largest absolute Gasteiger partial charge is 0.349 e. The van der Waals surface area contributed by atoms with Crippen LogP contribution in [0.3, 0.4) is 0 Å². The van der Waals surface area contributed by atoms with Crippen LogP contribution in [0.1, 0.15) is 5.56 Å². The summed E-state index contributed by atoms with van der Waals surface area (Å²) in [5, 5.41) is 7.90. The minimum Gasteiger partial charge on any atom is -0.349 e. The van der Waals surface area contributed by atoms with Gasteiger partial charge in [-0.2, -0.15) is 13.4 Å². The Morgan fingerprint density at radius 3 is 2.55 bits per heavy atom. The normalized spacial score (nSPS) is 11.3. The van der Waals surface area contributed by atoms with Crippen LogP contribution in [0.25, 0.3) is 11.4 Å². The van der Waals surface area contributed by atoms with E-state index in [1.54, 1.807) is 54.9 Å². The zero-order chi connectivity index (χ0) is 20.3. The Labute approximate surface area is 173 Å². The van der Waals surface area contributed by atoms with Gasteiger partial charge in [0.05, 0.1) is 4.90 Å². The lowest BCUT2D eigenvalue weighted by Gasteiger charge is -2.09. The molecule has 0 unspecified atom stereocenters. The minimum atomic E-state index is -3.94. The van der Waals surface area contributed by atoms with Crippen LogP contribution in [0, 0.1) is 0 Å². The first kappa shape index (κ1) is 19.1. The molecule has 0 bridgehead atoms. The van der Waals surface area contributed by atoms with Gasteiger partial charge < -0.3 is 5.32 Å². The van der Waals surface area contributed by atoms with Crippen molar-refractivity contribution in [1.82, 2.24) is 19.2 Å². The van der Waals surface area contributed by atoms with Crippen molar-refractivity contribution in [3.8, 4) is 11.4 Å². The van der Waals surface area contributed by atoms with E-state index in [0.717, 1.165) is 9.65 Å². The quantitative estimate of drug-likeness (QED) is 0.504. The molecule has 0 spiro atoms. The molecule has 1 N–H and O–H groups in total. The predicted molar refractivity (Wildman–Crippen MR) is 111 cm³/mol. The summed E-state index contributed by atoms with van der Waals surface area (Å²) in [6, 6.07) is 18.9. The van der Waals surface area contributed by atoms with Gasteiger partial charge in [-0.25, -0.2) is 0 Å². The molecule has 0 amide bonds. The SMILES string of the molecule is O=S(=O)(c1ccccc1)n1nc(-c2cccnc2)nc1NCc1cccc(Cl)c1. The first-order chi connectivity index (χ1) is 14.0. The topological polar surface area (TPSA) is 89.8 Å². The highest BCUT2D eigenvalue weighted by Gasteiger charge is 2.24. The number of hydrogen-bond acceptors (Lipinski definition) is 6. The predicted octanol–water partition coefficient (Wildman–Crippen LogP) is 3.84. The van der Waals surface area contributed by atoms with Gasteiger partial charge in [0.1, 0.15) is 0 Å². The molecule has 9 heteroatoms. The van der Waals surface area contributed by atoms with E-state index in [4.69, 9.17) is 11.6 Å². The van der Waals surface area contributed by atoms with Crippen molar-refractivity contribution >= 4 is 27.6 Å². The van der Waals surface area contributed by atoms with Gasteiger partial charge in [-0.15, -0.1) is 9.19 Å². The van der Waals surface area contributed by atoms with Crippen LogP contribution in [0.2, 0.25) is 5.02 Å². The van der Waals surface area contributed by atoms with Crippen molar-refractivity contribution < 1.29 is 8.42 Å². The fourth-order valence-electron chi connectivity index (χ4n) is 2.71. The maximum Gasteiger partial charge on any atom is 0.286 e. The molecule has 0 saturated heterocycles. The molecule has 2 heterocycles. The first-order valence-electron chi connectivity index (χ1n) is 8.70. The Morgan fingerprint density at radius 2 is 1.83 bits per heavy atom. The molecule has 0 aliphatic rings. The van der Waals surface area contributed by atoms with Crippen molar-refractivity contribution in [2.75, 3.05) is 5.32 Å². The van der Waals surface area contributed by atoms with Crippen LogP contribution in [0.5, 0.6) is 0 Å². The molecule has 4 aromatic rings. The van der Waals surface area contributed by atoms with Crippen LogP contribution < -0.4 is 5.32 Å². The van der Waals surface area contributed by atoms with Crippen LogP contribution in [0.4, 0.5) is 5.95 Å². The van der Waals surface area contributed by atoms with E-state index < -0.39 is 10.0 Å². The number of nitrogens with zero attached hydrogens (tertiary/aromatic N) is 4. The summed E-state index contributed by atoms with van der Waals surface area (Å²) in [6.45, 7) is 0.329. The highest BCUT2D eigenvalue weighted by molar-refractivity contribution is 7.90. The molecule has 2 aromatic carbocycles. The van der Waals surface area contributed by atoms with Crippen LogP contribution in [0.15, 0.2) is 84.0 Å². The zero-order valence-corrected chi connectivity index (χ0v) is 16.7. The molecule has 7 nitrogen and oxygen atoms in total. The number of pyridine rings is 1. The van der Waals surface area contributed by atoms with Crippen molar-refractivity contribution in [3.63, 3.8) is 0 Å². The van der Waals surface area contributed by atoms with E-state index in [1.807, 2.05) is 12.1 Å². The number of hydrogen-bond donors (Lipinski definition) is 1. The van der Waals surface area contributed by atoms with Crippen molar-refractivity contribution in [3.05, 3.63) is 89.7 Å². The maximum atomic E-state index is 13.1. The highest BCUT2D eigenvalue weighted by Crippen LogP contribution is 2.22. The van der Waals surface area contributed by atoms with Gasteiger partial charge in [0.15, 0.2) is 5.82 Å². The molecular formula is C20H16ClN5O2S. The highest BCUT2D eigenvalue weighted by atomic mass is 35.5. The van der Waals surface area contributed by atoms with E-state index in [1.165, 1.54) is 12.1 Å². The molecule has 29 heavy (non-hydrogen) atoms. The van der Waals surface area contributed by atoms with E-state index >= 15 is 0 Å². The number of halogens is 1. The molecular weight excluding hydrogens is 410 g/mol. The van der Waals surface area contributed by atoms with Crippen LogP contribution in [-0.2, 0) is 16.6 Å². The average molecular weight is 426 g/mol. The fourth-order valence-corrected chi connectivity index (χ4v) is 4.14. The standard InChI is InChI=1S/C20H16ClN5O2S/c21-17-8-4-6-15(12-17)13-23-20-24-19(16-7-5-11-22-14-16)25-26(20)29(27,28)18-9-2-1-3-10-18/h1-12,14H,13H2,(H,23,24,25). The van der Waals surface area contributed by atoms with Crippen molar-refractivity contribution in [1.29, 1.82) is 0 Å². The van der Waals surface area contributed by atoms with Crippen LogP contribution >= 0.6 is 11.6 Å². The summed E-state index contributed by atoms with van der Waals surface area (Å²) in [7, 11) is -3.94. The summed E-state index contributed by atoms with van der Waals surface area (Å²) in [6.07, 6.45) is 3.20. The van der Waals surface area contributed by atoms with E-state index in [2.05, 4.69) is 20.4 Å². The van der Waals surface area contributed by atoms with Gasteiger partial charge in [0, 0.05) is 29.5 Å². The molecule has 4 rings (SSSR count). The van der Waals surface area contributed by atoms with Gasteiger partial charge in [-0.3, -0.25) is 4.98 Å². The maximum absolute atomic E-state index is 13.1. The second kappa shape index (κ2) is 8.02. The van der Waals surface area contributed by atoms with Crippen molar-refractivity contribution in [2.24, 2.45) is 0 Å². The van der Waals surface area contributed by atoms with Gasteiger partial charge in [0.25, 0.3) is 10.0 Å². The molecule has 146 valence electrons. The lowest BCUT2D eigenvalue weighted by Crippen LogP contribution is -2.18. The smallest absolute Gasteiger partial charge is 0.286 e. The molecule has 0 fully saturated rings. The van der Waals surface area contributed by atoms with E-state index in [9.17, 15) is 8.42 Å². The molecule has 0 aliphatic carbocycles. The molecule has 0 aliphatic heterocycles. The fraction of sp³-hybridized carbons (Fsp3) is 0.0500. The van der Waals surface area contributed by atoms with E-state index in [0.29, 0.717) is 17.1 Å². The Balaban J connectivity index is 1.75. The molecule has 0 saturated carbocycles. The Kier molecular flexibility index (Phi) is 5.28. The Hall–Kier alpha value is -3.23. The monoisotopic (exact) mass is 425 g/mol. The summed E-state index contributed by atoms with van der Waals surface area (Å²) in [5.74, 6) is 0.360. The summed E-state index contributed by atoms with van der Waals surface area (Å²) >= 11 is 6.03. The summed E-state index contributed by atoms with van der Waals surface area (Å²) < 4.78 is 27.2. The van der Waals surface area contributed by atoms with Crippen LogP contribution in [-0.4, -0.2) is 27.6 Å². The minimum absolute atomic E-state index is 0.104. The zero-order valence-electron chi connectivity index (χ0n) is 15.1. The number of nitrogens with one attached hydrogen (secondary N) is 1. The lowest BCUT2D eigenvalue weighted by atomic mass is 10.2. The first-order valence-corrected chi connectivity index (χ1v) is 10.5. The third-order valence-electron chi connectivity index (χ3n) is 4.11. The third-order valence-corrected chi connectivity index (χ3v) is 5.92.